The van der Waals surface area contributed by atoms with Gasteiger partial charge < -0.3 is 24.4 Å². The summed E-state index contributed by atoms with van der Waals surface area (Å²) < 4.78 is 11.5. The third-order valence-electron chi connectivity index (χ3n) is 7.52. The number of benzene rings is 2. The van der Waals surface area contributed by atoms with E-state index in [1.54, 1.807) is 49.5 Å². The molecule has 1 N–H and O–H groups in total. The van der Waals surface area contributed by atoms with Crippen LogP contribution in [0.2, 0.25) is 0 Å². The zero-order valence-electron chi connectivity index (χ0n) is 19.6. The van der Waals surface area contributed by atoms with Crippen LogP contribution in [0, 0.1) is 0 Å². The van der Waals surface area contributed by atoms with Gasteiger partial charge in [0.15, 0.2) is 5.54 Å². The minimum atomic E-state index is -1.75. The largest absolute Gasteiger partial charge is 0.507 e. The minimum absolute atomic E-state index is 0.00918. The van der Waals surface area contributed by atoms with Crippen molar-refractivity contribution < 1.29 is 29.0 Å². The van der Waals surface area contributed by atoms with Crippen LogP contribution in [-0.2, 0) is 31.1 Å². The molecule has 0 radical (unpaired) electrons. The van der Waals surface area contributed by atoms with Crippen LogP contribution in [0.4, 0.5) is 5.69 Å². The molecule has 2 aromatic carbocycles. The first-order chi connectivity index (χ1) is 16.8. The summed E-state index contributed by atoms with van der Waals surface area (Å²) in [6, 6.07) is 12.3. The summed E-state index contributed by atoms with van der Waals surface area (Å²) in [6.07, 6.45) is 1.97. The van der Waals surface area contributed by atoms with Gasteiger partial charge in [-0.25, -0.2) is 0 Å². The van der Waals surface area contributed by atoms with Crippen LogP contribution in [0.15, 0.2) is 48.0 Å². The Balaban J connectivity index is 1.59. The van der Waals surface area contributed by atoms with Gasteiger partial charge >= 0.3 is 0 Å². The van der Waals surface area contributed by atoms with Crippen LogP contribution < -0.4 is 9.64 Å². The van der Waals surface area contributed by atoms with E-state index < -0.39 is 23.1 Å². The number of rotatable bonds is 3. The highest BCUT2D eigenvalue weighted by molar-refractivity contribution is 6.50. The number of para-hydroxylation sites is 1. The van der Waals surface area contributed by atoms with Crippen molar-refractivity contribution >= 4 is 29.0 Å². The van der Waals surface area contributed by atoms with Gasteiger partial charge in [-0.15, -0.1) is 0 Å². The second kappa shape index (κ2) is 7.68. The maximum atomic E-state index is 14.0. The van der Waals surface area contributed by atoms with Crippen molar-refractivity contribution in [1.82, 2.24) is 4.90 Å². The molecule has 2 amide bonds. The topological polar surface area (TPSA) is 96.4 Å². The van der Waals surface area contributed by atoms with Crippen molar-refractivity contribution in [3.63, 3.8) is 0 Å². The first-order valence-corrected chi connectivity index (χ1v) is 11.9. The molecule has 3 unspecified atom stereocenters. The second-order valence-corrected chi connectivity index (χ2v) is 9.65. The van der Waals surface area contributed by atoms with Crippen molar-refractivity contribution in [3.05, 3.63) is 64.7 Å². The highest BCUT2D eigenvalue weighted by atomic mass is 16.5. The van der Waals surface area contributed by atoms with Crippen molar-refractivity contribution in [2.75, 3.05) is 25.1 Å². The molecule has 4 aliphatic rings. The van der Waals surface area contributed by atoms with Crippen LogP contribution >= 0.6 is 0 Å². The number of amides is 2. The van der Waals surface area contributed by atoms with E-state index >= 15 is 0 Å². The third-order valence-corrected chi connectivity index (χ3v) is 7.52. The minimum Gasteiger partial charge on any atom is -0.507 e. The Morgan fingerprint density at radius 3 is 2.74 bits per heavy atom. The summed E-state index contributed by atoms with van der Waals surface area (Å²) in [5.41, 5.74) is 0.422. The molecule has 6 rings (SSSR count). The van der Waals surface area contributed by atoms with Crippen LogP contribution in [0.1, 0.15) is 36.5 Å². The molecule has 2 aromatic rings. The lowest BCUT2D eigenvalue weighted by molar-refractivity contribution is -0.145. The summed E-state index contributed by atoms with van der Waals surface area (Å²) in [6.45, 7) is 2.62. The lowest BCUT2D eigenvalue weighted by Crippen LogP contribution is -2.53. The van der Waals surface area contributed by atoms with Crippen molar-refractivity contribution in [2.24, 2.45) is 0 Å². The van der Waals surface area contributed by atoms with E-state index in [4.69, 9.17) is 9.47 Å². The number of Topliss-reactive ketones (excluding diaryl/α,β-unsaturated/α-hetero) is 1. The predicted octanol–water partition coefficient (Wildman–Crippen LogP) is 2.74. The van der Waals surface area contributed by atoms with Gasteiger partial charge in [0.05, 0.1) is 11.7 Å². The molecule has 4 aliphatic heterocycles. The molecule has 8 nitrogen and oxygen atoms in total. The fraction of sp³-hybridized carbons (Fsp3) is 0.370. The monoisotopic (exact) mass is 474 g/mol. The first-order valence-electron chi connectivity index (χ1n) is 11.9. The normalized spacial score (nSPS) is 28.7. The Kier molecular flexibility index (Phi) is 4.79. The SMILES string of the molecule is CC1Cc2cc(/C(O)=C3\C(=O)C(=O)N(CC4CCCO4)C34C(=O)N(C)c3ccccc34)ccc2O1. The Morgan fingerprint density at radius 2 is 1.97 bits per heavy atom. The van der Waals surface area contributed by atoms with Gasteiger partial charge in [0.1, 0.15) is 17.6 Å². The number of anilines is 1. The van der Waals surface area contributed by atoms with E-state index in [0.29, 0.717) is 29.8 Å². The zero-order chi connectivity index (χ0) is 24.5. The standard InChI is InChI=1S/C27H26N2O6/c1-15-12-17-13-16(9-10-21(17)35-15)23(30)22-24(31)25(32)29(14-18-6-5-11-34-18)27(22)19-7-3-4-8-20(19)28(2)26(27)33/h3-4,7-10,13,15,18,30H,5-6,11-12,14H2,1-2H3/b23-22-. The number of likely N-dealkylation sites (N-methyl/N-ethyl adjacent to an activating group) is 1. The molecular weight excluding hydrogens is 448 g/mol. The van der Waals surface area contributed by atoms with Crippen LogP contribution in [-0.4, -0.2) is 60.0 Å². The maximum absolute atomic E-state index is 14.0. The van der Waals surface area contributed by atoms with Gasteiger partial charge in [0, 0.05) is 43.4 Å². The summed E-state index contributed by atoms with van der Waals surface area (Å²) in [5, 5.41) is 11.6. The number of ketones is 1. The van der Waals surface area contributed by atoms with Crippen LogP contribution in [0.5, 0.6) is 5.75 Å². The molecule has 3 atom stereocenters. The van der Waals surface area contributed by atoms with Gasteiger partial charge in [-0.05, 0) is 49.6 Å². The Labute approximate surface area is 202 Å². The van der Waals surface area contributed by atoms with Crippen LogP contribution in [0.25, 0.3) is 5.76 Å². The molecule has 0 aromatic heterocycles. The smallest absolute Gasteiger partial charge is 0.296 e. The number of aliphatic hydroxyl groups excluding tert-OH is 1. The van der Waals surface area contributed by atoms with Crippen LogP contribution in [0.3, 0.4) is 0 Å². The molecule has 0 aliphatic carbocycles. The molecule has 4 heterocycles. The maximum Gasteiger partial charge on any atom is 0.296 e. The molecule has 180 valence electrons. The third kappa shape index (κ3) is 2.92. The fourth-order valence-electron chi connectivity index (χ4n) is 5.93. The fourth-order valence-corrected chi connectivity index (χ4v) is 5.93. The Bertz CT molecular complexity index is 1310. The molecule has 2 fully saturated rings. The van der Waals surface area contributed by atoms with E-state index in [-0.39, 0.29) is 30.1 Å². The van der Waals surface area contributed by atoms with Gasteiger partial charge in [-0.1, -0.05) is 18.2 Å². The lowest BCUT2D eigenvalue weighted by Gasteiger charge is -2.35. The lowest BCUT2D eigenvalue weighted by atomic mass is 9.81. The average molecular weight is 475 g/mol. The number of carbonyl (C=O) groups is 3. The second-order valence-electron chi connectivity index (χ2n) is 9.65. The Hall–Kier alpha value is -3.65. The molecular formula is C27H26N2O6. The quantitative estimate of drug-likeness (QED) is 0.418. The van der Waals surface area contributed by atoms with Crippen molar-refractivity contribution in [2.45, 2.75) is 43.9 Å². The van der Waals surface area contributed by atoms with E-state index in [1.807, 2.05) is 6.92 Å². The Morgan fingerprint density at radius 1 is 1.17 bits per heavy atom. The van der Waals surface area contributed by atoms with Gasteiger partial charge in [0.2, 0.25) is 0 Å². The molecule has 2 saturated heterocycles. The number of aliphatic hydroxyl groups is 1. The van der Waals surface area contributed by atoms with Gasteiger partial charge in [-0.3, -0.25) is 14.4 Å². The molecule has 8 heteroatoms. The van der Waals surface area contributed by atoms with E-state index in [0.717, 1.165) is 24.2 Å². The highest BCUT2D eigenvalue weighted by Gasteiger charge is 2.67. The van der Waals surface area contributed by atoms with E-state index in [9.17, 15) is 19.5 Å². The first kappa shape index (κ1) is 21.9. The zero-order valence-corrected chi connectivity index (χ0v) is 19.6. The summed E-state index contributed by atoms with van der Waals surface area (Å²) in [4.78, 5) is 43.8. The molecule has 35 heavy (non-hydrogen) atoms. The van der Waals surface area contributed by atoms with E-state index in [2.05, 4.69) is 0 Å². The number of fused-ring (bicyclic) bond motifs is 3. The number of nitrogens with zero attached hydrogens (tertiary/aromatic N) is 2. The number of carbonyl (C=O) groups excluding carboxylic acids is 3. The molecule has 0 bridgehead atoms. The highest BCUT2D eigenvalue weighted by Crippen LogP contribution is 2.53. The summed E-state index contributed by atoms with van der Waals surface area (Å²) in [5.74, 6) is -1.76. The summed E-state index contributed by atoms with van der Waals surface area (Å²) in [7, 11) is 1.62. The van der Waals surface area contributed by atoms with Crippen molar-refractivity contribution in [3.8, 4) is 5.75 Å². The number of hydrogen-bond donors (Lipinski definition) is 1. The number of hydrogen-bond acceptors (Lipinski definition) is 6. The van der Waals surface area contributed by atoms with Gasteiger partial charge in [0.25, 0.3) is 17.6 Å². The molecule has 1 spiro atoms. The van der Waals surface area contributed by atoms with E-state index in [1.165, 1.54) is 9.80 Å². The predicted molar refractivity (Wildman–Crippen MR) is 127 cm³/mol. The average Bonchev–Trinajstić information content (AvgIpc) is 3.59. The van der Waals surface area contributed by atoms with Gasteiger partial charge in [-0.2, -0.15) is 0 Å². The number of ether oxygens (including phenoxy) is 2. The number of likely N-dealkylation sites (tertiary alicyclic amines) is 1. The molecule has 0 saturated carbocycles. The van der Waals surface area contributed by atoms with Crippen molar-refractivity contribution in [1.29, 1.82) is 0 Å². The summed E-state index contributed by atoms with van der Waals surface area (Å²) >= 11 is 0.